The van der Waals surface area contributed by atoms with Crippen LogP contribution in [0.4, 0.5) is 11.4 Å². The first-order valence-electron chi connectivity index (χ1n) is 9.60. The van der Waals surface area contributed by atoms with Gasteiger partial charge in [0.15, 0.2) is 5.11 Å². The van der Waals surface area contributed by atoms with Crippen LogP contribution in [0.2, 0.25) is 0 Å². The van der Waals surface area contributed by atoms with Crippen LogP contribution < -0.4 is 10.2 Å². The van der Waals surface area contributed by atoms with Gasteiger partial charge < -0.3 is 15.1 Å². The number of benzene rings is 2. The topological polar surface area (TPSA) is 18.5 Å². The zero-order valence-corrected chi connectivity index (χ0v) is 16.7. The maximum Gasteiger partial charge on any atom is 0.173 e. The van der Waals surface area contributed by atoms with Crippen molar-refractivity contribution < 1.29 is 0 Å². The molecular formula is C22H29N3S. The smallest absolute Gasteiger partial charge is 0.173 e. The number of piperidine rings is 1. The van der Waals surface area contributed by atoms with E-state index in [1.165, 1.54) is 49.2 Å². The second-order valence-corrected chi connectivity index (χ2v) is 7.44. The predicted molar refractivity (Wildman–Crippen MR) is 116 cm³/mol. The highest BCUT2D eigenvalue weighted by atomic mass is 32.1. The average molecular weight is 368 g/mol. The molecule has 3 nitrogen and oxygen atoms in total. The van der Waals surface area contributed by atoms with Gasteiger partial charge in [0, 0.05) is 38.1 Å². The highest BCUT2D eigenvalue weighted by molar-refractivity contribution is 7.80. The summed E-state index contributed by atoms with van der Waals surface area (Å²) in [5.74, 6) is 0. The van der Waals surface area contributed by atoms with Crippen LogP contribution in [0, 0.1) is 0 Å². The fourth-order valence-corrected chi connectivity index (χ4v) is 3.58. The second kappa shape index (κ2) is 9.04. The van der Waals surface area contributed by atoms with E-state index < -0.39 is 0 Å². The zero-order chi connectivity index (χ0) is 18.4. The summed E-state index contributed by atoms with van der Waals surface area (Å²) in [4.78, 5) is 4.58. The van der Waals surface area contributed by atoms with Gasteiger partial charge in [0.2, 0.25) is 0 Å². The van der Waals surface area contributed by atoms with Gasteiger partial charge in [0.1, 0.15) is 0 Å². The number of rotatable bonds is 5. The van der Waals surface area contributed by atoms with Crippen molar-refractivity contribution in [1.82, 2.24) is 4.90 Å². The third-order valence-corrected chi connectivity index (χ3v) is 5.42. The standard InChI is InChI=1S/C22H29N3S/c1-3-18-8-7-9-20(16-18)23-22(26)24(2)17-19-10-12-21(13-11-19)25-14-5-4-6-15-25/h7-13,16H,3-6,14-15,17H2,1-2H3,(H,23,26). The maximum absolute atomic E-state index is 5.57. The molecule has 0 atom stereocenters. The summed E-state index contributed by atoms with van der Waals surface area (Å²) < 4.78 is 0. The van der Waals surface area contributed by atoms with Gasteiger partial charge in [-0.1, -0.05) is 31.2 Å². The zero-order valence-electron chi connectivity index (χ0n) is 15.9. The molecule has 0 unspecified atom stereocenters. The van der Waals surface area contributed by atoms with Gasteiger partial charge >= 0.3 is 0 Å². The molecule has 26 heavy (non-hydrogen) atoms. The molecule has 1 N–H and O–H groups in total. The first-order valence-corrected chi connectivity index (χ1v) is 10.0. The number of thiocarbonyl (C=S) groups is 1. The molecular weight excluding hydrogens is 338 g/mol. The quantitative estimate of drug-likeness (QED) is 0.744. The van der Waals surface area contributed by atoms with Crippen molar-refractivity contribution in [2.75, 3.05) is 30.4 Å². The largest absolute Gasteiger partial charge is 0.372 e. The number of nitrogens with zero attached hydrogens (tertiary/aromatic N) is 2. The monoisotopic (exact) mass is 367 g/mol. The van der Waals surface area contributed by atoms with Crippen molar-refractivity contribution in [3.8, 4) is 0 Å². The SMILES string of the molecule is CCc1cccc(NC(=S)N(C)Cc2ccc(N3CCCCC3)cc2)c1. The summed E-state index contributed by atoms with van der Waals surface area (Å²) >= 11 is 5.57. The van der Waals surface area contributed by atoms with E-state index in [2.05, 4.69) is 70.6 Å². The number of nitrogens with one attached hydrogen (secondary N) is 1. The molecule has 1 aliphatic heterocycles. The van der Waals surface area contributed by atoms with E-state index in [1.807, 2.05) is 7.05 Å². The molecule has 4 heteroatoms. The fourth-order valence-electron chi connectivity index (χ4n) is 3.40. The van der Waals surface area contributed by atoms with Crippen LogP contribution in [0.5, 0.6) is 0 Å². The van der Waals surface area contributed by atoms with Gasteiger partial charge in [-0.25, -0.2) is 0 Å². The normalized spacial score (nSPS) is 14.2. The Labute approximate surface area is 163 Å². The van der Waals surface area contributed by atoms with Crippen LogP contribution in [-0.2, 0) is 13.0 Å². The van der Waals surface area contributed by atoms with Crippen LogP contribution in [0.25, 0.3) is 0 Å². The second-order valence-electron chi connectivity index (χ2n) is 7.05. The summed E-state index contributed by atoms with van der Waals surface area (Å²) in [5, 5.41) is 4.10. The fraction of sp³-hybridized carbons (Fsp3) is 0.409. The Balaban J connectivity index is 1.56. The maximum atomic E-state index is 5.57. The minimum Gasteiger partial charge on any atom is -0.372 e. The Morgan fingerprint density at radius 3 is 2.46 bits per heavy atom. The van der Waals surface area contributed by atoms with Crippen molar-refractivity contribution in [2.45, 2.75) is 39.2 Å². The highest BCUT2D eigenvalue weighted by Crippen LogP contribution is 2.21. The van der Waals surface area contributed by atoms with E-state index in [9.17, 15) is 0 Å². The minimum atomic E-state index is 0.748. The molecule has 0 bridgehead atoms. The molecule has 1 fully saturated rings. The number of aryl methyl sites for hydroxylation is 1. The van der Waals surface area contributed by atoms with E-state index in [0.29, 0.717) is 0 Å². The highest BCUT2D eigenvalue weighted by Gasteiger charge is 2.11. The Bertz CT molecular complexity index is 720. The van der Waals surface area contributed by atoms with Crippen LogP contribution in [0.3, 0.4) is 0 Å². The van der Waals surface area contributed by atoms with Crippen molar-refractivity contribution >= 4 is 28.7 Å². The van der Waals surface area contributed by atoms with E-state index in [1.54, 1.807) is 0 Å². The van der Waals surface area contributed by atoms with Crippen LogP contribution in [0.15, 0.2) is 48.5 Å². The van der Waals surface area contributed by atoms with Crippen LogP contribution in [-0.4, -0.2) is 30.1 Å². The minimum absolute atomic E-state index is 0.748. The van der Waals surface area contributed by atoms with E-state index >= 15 is 0 Å². The Hall–Kier alpha value is -2.07. The number of anilines is 2. The van der Waals surface area contributed by atoms with Gasteiger partial charge in [-0.15, -0.1) is 0 Å². The van der Waals surface area contributed by atoms with Crippen LogP contribution in [0.1, 0.15) is 37.3 Å². The summed E-state index contributed by atoms with van der Waals surface area (Å²) in [7, 11) is 2.04. The summed E-state index contributed by atoms with van der Waals surface area (Å²) in [6.07, 6.45) is 5.01. The molecule has 1 aliphatic rings. The molecule has 1 heterocycles. The lowest BCUT2D eigenvalue weighted by Gasteiger charge is -2.29. The summed E-state index contributed by atoms with van der Waals surface area (Å²) in [6.45, 7) is 5.34. The Morgan fingerprint density at radius 1 is 1.04 bits per heavy atom. The molecule has 0 radical (unpaired) electrons. The molecule has 0 saturated carbocycles. The molecule has 2 aromatic carbocycles. The van der Waals surface area contributed by atoms with E-state index in [0.717, 1.165) is 23.8 Å². The first-order chi connectivity index (χ1) is 12.7. The first kappa shape index (κ1) is 18.7. The molecule has 2 aromatic rings. The number of hydrogen-bond acceptors (Lipinski definition) is 2. The Morgan fingerprint density at radius 2 is 1.77 bits per heavy atom. The van der Waals surface area contributed by atoms with E-state index in [4.69, 9.17) is 12.2 Å². The molecule has 138 valence electrons. The van der Waals surface area contributed by atoms with Gasteiger partial charge in [-0.05, 0) is 73.3 Å². The third kappa shape index (κ3) is 4.98. The van der Waals surface area contributed by atoms with Gasteiger partial charge in [-0.2, -0.15) is 0 Å². The third-order valence-electron chi connectivity index (χ3n) is 5.01. The lowest BCUT2D eigenvalue weighted by atomic mass is 10.1. The van der Waals surface area contributed by atoms with E-state index in [-0.39, 0.29) is 0 Å². The van der Waals surface area contributed by atoms with Gasteiger partial charge in [-0.3, -0.25) is 0 Å². The van der Waals surface area contributed by atoms with Crippen LogP contribution >= 0.6 is 12.2 Å². The molecule has 0 spiro atoms. The van der Waals surface area contributed by atoms with Crippen molar-refractivity contribution in [2.24, 2.45) is 0 Å². The van der Waals surface area contributed by atoms with Crippen molar-refractivity contribution in [3.63, 3.8) is 0 Å². The van der Waals surface area contributed by atoms with Gasteiger partial charge in [0.25, 0.3) is 0 Å². The molecule has 0 aliphatic carbocycles. The molecule has 0 aromatic heterocycles. The molecule has 0 amide bonds. The van der Waals surface area contributed by atoms with Gasteiger partial charge in [0.05, 0.1) is 0 Å². The lowest BCUT2D eigenvalue weighted by molar-refractivity contribution is 0.508. The number of hydrogen-bond donors (Lipinski definition) is 1. The predicted octanol–water partition coefficient (Wildman–Crippen LogP) is 5.07. The Kier molecular flexibility index (Phi) is 6.51. The average Bonchev–Trinajstić information content (AvgIpc) is 2.69. The molecule has 1 saturated heterocycles. The summed E-state index contributed by atoms with van der Waals surface area (Å²) in [5.41, 5.74) is 4.99. The lowest BCUT2D eigenvalue weighted by Crippen LogP contribution is -2.31. The molecule has 3 rings (SSSR count). The summed E-state index contributed by atoms with van der Waals surface area (Å²) in [6, 6.07) is 17.4. The van der Waals surface area contributed by atoms with Crippen molar-refractivity contribution in [3.05, 3.63) is 59.7 Å². The van der Waals surface area contributed by atoms with Crippen molar-refractivity contribution in [1.29, 1.82) is 0 Å².